The second kappa shape index (κ2) is 7.70. The van der Waals surface area contributed by atoms with Gasteiger partial charge in [-0.3, -0.25) is 5.43 Å². The van der Waals surface area contributed by atoms with Gasteiger partial charge in [-0.2, -0.15) is 5.10 Å². The summed E-state index contributed by atoms with van der Waals surface area (Å²) < 4.78 is 4.98. The van der Waals surface area contributed by atoms with Gasteiger partial charge in [-0.25, -0.2) is 9.78 Å². The smallest absolute Gasteiger partial charge is 0.350 e. The number of carbonyl (C=O) groups is 1. The summed E-state index contributed by atoms with van der Waals surface area (Å²) in [6.07, 6.45) is 2.74. The van der Waals surface area contributed by atoms with Gasteiger partial charge in [0.05, 0.1) is 18.5 Å². The lowest BCUT2D eigenvalue weighted by Crippen LogP contribution is -2.03. The van der Waals surface area contributed by atoms with E-state index in [4.69, 9.17) is 4.74 Å². The molecule has 116 valence electrons. The molecule has 0 amide bonds. The van der Waals surface area contributed by atoms with Gasteiger partial charge in [0.1, 0.15) is 4.88 Å². The summed E-state index contributed by atoms with van der Waals surface area (Å²) in [6.45, 7) is 6.03. The monoisotopic (exact) mass is 317 g/mol. The van der Waals surface area contributed by atoms with Gasteiger partial charge in [0.2, 0.25) is 5.13 Å². The lowest BCUT2D eigenvalue weighted by Gasteiger charge is -1.98. The van der Waals surface area contributed by atoms with Gasteiger partial charge >= 0.3 is 5.97 Å². The normalized spacial score (nSPS) is 10.9. The van der Waals surface area contributed by atoms with Crippen LogP contribution < -0.4 is 5.43 Å². The predicted octanol–water partition coefficient (Wildman–Crippen LogP) is 3.64. The first-order valence-corrected chi connectivity index (χ1v) is 7.98. The van der Waals surface area contributed by atoms with Crippen LogP contribution in [0.15, 0.2) is 29.4 Å². The number of rotatable bonds is 6. The van der Waals surface area contributed by atoms with Crippen molar-refractivity contribution < 1.29 is 9.53 Å². The molecule has 0 atom stereocenters. The predicted molar refractivity (Wildman–Crippen MR) is 89.8 cm³/mol. The molecule has 0 unspecified atom stereocenters. The first-order chi connectivity index (χ1) is 10.6. The van der Waals surface area contributed by atoms with E-state index < -0.39 is 0 Å². The molecule has 2 rings (SSSR count). The van der Waals surface area contributed by atoms with E-state index in [9.17, 15) is 4.79 Å². The molecule has 0 spiro atoms. The van der Waals surface area contributed by atoms with E-state index in [2.05, 4.69) is 34.6 Å². The zero-order valence-electron chi connectivity index (χ0n) is 12.9. The highest BCUT2D eigenvalue weighted by Crippen LogP contribution is 2.23. The third kappa shape index (κ3) is 4.14. The van der Waals surface area contributed by atoms with Crippen LogP contribution in [0.2, 0.25) is 0 Å². The molecule has 1 aromatic heterocycles. The van der Waals surface area contributed by atoms with Crippen molar-refractivity contribution in [2.45, 2.75) is 27.2 Å². The van der Waals surface area contributed by atoms with Crippen molar-refractivity contribution in [1.29, 1.82) is 0 Å². The maximum Gasteiger partial charge on any atom is 0.350 e. The summed E-state index contributed by atoms with van der Waals surface area (Å²) in [5, 5.41) is 4.72. The zero-order chi connectivity index (χ0) is 15.9. The largest absolute Gasteiger partial charge is 0.462 e. The molecule has 1 aromatic carbocycles. The highest BCUT2D eigenvalue weighted by Gasteiger charge is 2.15. The fourth-order valence-corrected chi connectivity index (χ4v) is 2.64. The Morgan fingerprint density at radius 3 is 2.73 bits per heavy atom. The molecular formula is C16H19N3O2S. The number of thiazole rings is 1. The van der Waals surface area contributed by atoms with Crippen LogP contribution in [0.4, 0.5) is 5.13 Å². The quantitative estimate of drug-likeness (QED) is 0.502. The molecule has 6 heteroatoms. The SMILES string of the molecule is CCOC(=O)c1sc(N/N=C\c2ccc(CC)cc2)nc1C. The number of hydrazone groups is 1. The molecule has 0 radical (unpaired) electrons. The van der Waals surface area contributed by atoms with Gasteiger partial charge in [-0.1, -0.05) is 42.5 Å². The number of ether oxygens (including phenoxy) is 1. The summed E-state index contributed by atoms with van der Waals surface area (Å²) in [4.78, 5) is 16.5. The Hall–Kier alpha value is -2.21. The second-order valence-electron chi connectivity index (χ2n) is 4.62. The average Bonchev–Trinajstić information content (AvgIpc) is 2.89. The highest BCUT2D eigenvalue weighted by molar-refractivity contribution is 7.17. The zero-order valence-corrected chi connectivity index (χ0v) is 13.7. The molecule has 1 N–H and O–H groups in total. The van der Waals surface area contributed by atoms with Crippen LogP contribution in [0.1, 0.15) is 40.3 Å². The summed E-state index contributed by atoms with van der Waals surface area (Å²) in [5.74, 6) is -0.343. The van der Waals surface area contributed by atoms with Crippen molar-refractivity contribution in [3.63, 3.8) is 0 Å². The third-order valence-corrected chi connectivity index (χ3v) is 4.06. The van der Waals surface area contributed by atoms with Crippen molar-refractivity contribution in [2.75, 3.05) is 12.0 Å². The molecule has 1 heterocycles. The Labute approximate surface area is 134 Å². The van der Waals surface area contributed by atoms with Crippen LogP contribution in [-0.2, 0) is 11.2 Å². The molecule has 22 heavy (non-hydrogen) atoms. The Kier molecular flexibility index (Phi) is 5.66. The number of aromatic nitrogens is 1. The summed E-state index contributed by atoms with van der Waals surface area (Å²) in [5.41, 5.74) is 5.79. The Balaban J connectivity index is 2.00. The van der Waals surface area contributed by atoms with E-state index in [1.165, 1.54) is 16.9 Å². The van der Waals surface area contributed by atoms with E-state index >= 15 is 0 Å². The topological polar surface area (TPSA) is 63.6 Å². The number of anilines is 1. The molecular weight excluding hydrogens is 298 g/mol. The van der Waals surface area contributed by atoms with E-state index in [0.29, 0.717) is 22.3 Å². The van der Waals surface area contributed by atoms with Gasteiger partial charge in [0.15, 0.2) is 0 Å². The van der Waals surface area contributed by atoms with Crippen molar-refractivity contribution >= 4 is 28.7 Å². The van der Waals surface area contributed by atoms with Crippen LogP contribution in [0.3, 0.4) is 0 Å². The van der Waals surface area contributed by atoms with Crippen molar-refractivity contribution in [1.82, 2.24) is 4.98 Å². The van der Waals surface area contributed by atoms with Crippen LogP contribution in [0.5, 0.6) is 0 Å². The number of hydrogen-bond donors (Lipinski definition) is 1. The lowest BCUT2D eigenvalue weighted by atomic mass is 10.1. The van der Waals surface area contributed by atoms with E-state index in [1.54, 1.807) is 20.1 Å². The van der Waals surface area contributed by atoms with Crippen molar-refractivity contribution in [2.24, 2.45) is 5.10 Å². The molecule has 0 aliphatic rings. The van der Waals surface area contributed by atoms with Crippen molar-refractivity contribution in [3.8, 4) is 0 Å². The minimum atomic E-state index is -0.343. The second-order valence-corrected chi connectivity index (χ2v) is 5.62. The van der Waals surface area contributed by atoms with Crippen LogP contribution >= 0.6 is 11.3 Å². The highest BCUT2D eigenvalue weighted by atomic mass is 32.1. The maximum absolute atomic E-state index is 11.7. The fraction of sp³-hybridized carbons (Fsp3) is 0.312. The molecule has 0 fully saturated rings. The minimum absolute atomic E-state index is 0.343. The number of benzene rings is 1. The number of aryl methyl sites for hydroxylation is 2. The van der Waals surface area contributed by atoms with E-state index in [1.807, 2.05) is 12.1 Å². The summed E-state index contributed by atoms with van der Waals surface area (Å²) in [7, 11) is 0. The van der Waals surface area contributed by atoms with Gasteiger partial charge in [-0.15, -0.1) is 0 Å². The number of carbonyl (C=O) groups excluding carboxylic acids is 1. The molecule has 0 saturated carbocycles. The fourth-order valence-electron chi connectivity index (χ4n) is 1.83. The first kappa shape index (κ1) is 16.2. The number of esters is 1. The van der Waals surface area contributed by atoms with Crippen LogP contribution in [0.25, 0.3) is 0 Å². The summed E-state index contributed by atoms with van der Waals surface area (Å²) in [6, 6.07) is 8.18. The van der Waals surface area contributed by atoms with Crippen LogP contribution in [0, 0.1) is 6.92 Å². The minimum Gasteiger partial charge on any atom is -0.462 e. The number of nitrogens with one attached hydrogen (secondary N) is 1. The molecule has 0 bridgehead atoms. The van der Waals surface area contributed by atoms with Gasteiger partial charge < -0.3 is 4.74 Å². The van der Waals surface area contributed by atoms with E-state index in [-0.39, 0.29) is 5.97 Å². The van der Waals surface area contributed by atoms with Crippen molar-refractivity contribution in [3.05, 3.63) is 46.0 Å². The van der Waals surface area contributed by atoms with Crippen LogP contribution in [-0.4, -0.2) is 23.8 Å². The Bertz CT molecular complexity index is 663. The number of nitrogens with zero attached hydrogens (tertiary/aromatic N) is 2. The van der Waals surface area contributed by atoms with Gasteiger partial charge in [-0.05, 0) is 31.4 Å². The first-order valence-electron chi connectivity index (χ1n) is 7.16. The third-order valence-electron chi connectivity index (χ3n) is 3.02. The summed E-state index contributed by atoms with van der Waals surface area (Å²) >= 11 is 1.24. The molecule has 5 nitrogen and oxygen atoms in total. The number of hydrogen-bond acceptors (Lipinski definition) is 6. The molecule has 2 aromatic rings. The average molecular weight is 317 g/mol. The maximum atomic E-state index is 11.7. The lowest BCUT2D eigenvalue weighted by molar-refractivity contribution is 0.0531. The van der Waals surface area contributed by atoms with Gasteiger partial charge in [0.25, 0.3) is 0 Å². The Morgan fingerprint density at radius 1 is 1.36 bits per heavy atom. The Morgan fingerprint density at radius 2 is 2.09 bits per heavy atom. The molecule has 0 aliphatic heterocycles. The molecule has 0 saturated heterocycles. The van der Waals surface area contributed by atoms with E-state index in [0.717, 1.165) is 12.0 Å². The standard InChI is InChI=1S/C16H19N3O2S/c1-4-12-6-8-13(9-7-12)10-17-19-16-18-11(3)14(22-16)15(20)21-5-2/h6-10H,4-5H2,1-3H3,(H,18,19)/b17-10-. The molecule has 0 aliphatic carbocycles. The van der Waals surface area contributed by atoms with Gasteiger partial charge in [0, 0.05) is 0 Å².